The largest absolute Gasteiger partial charge is 0.478 e. The summed E-state index contributed by atoms with van der Waals surface area (Å²) < 4.78 is 1.72. The van der Waals surface area contributed by atoms with Gasteiger partial charge in [-0.25, -0.2) is 14.3 Å². The standard InChI is InChI=1S/C15H18N4O3/c1-2-9-19-13(7-8-17-19)18-15(22)16-10-11-3-5-12(6-4-11)14(20)21/h3-8H,2,9-10H2,1H3,(H,20,21)(H2,16,18,22). The van der Waals surface area contributed by atoms with Gasteiger partial charge >= 0.3 is 12.0 Å². The summed E-state index contributed by atoms with van der Waals surface area (Å²) in [5.41, 5.74) is 1.04. The van der Waals surface area contributed by atoms with Crippen LogP contribution in [0.5, 0.6) is 0 Å². The van der Waals surface area contributed by atoms with Crippen molar-refractivity contribution in [1.29, 1.82) is 0 Å². The molecule has 2 rings (SSSR count). The lowest BCUT2D eigenvalue weighted by Crippen LogP contribution is -2.29. The van der Waals surface area contributed by atoms with Gasteiger partial charge in [-0.2, -0.15) is 5.10 Å². The molecule has 0 aliphatic heterocycles. The van der Waals surface area contributed by atoms with Gasteiger partial charge in [0.25, 0.3) is 0 Å². The predicted molar refractivity (Wildman–Crippen MR) is 81.8 cm³/mol. The average Bonchev–Trinajstić information content (AvgIpc) is 2.93. The summed E-state index contributed by atoms with van der Waals surface area (Å²) in [4.78, 5) is 22.6. The van der Waals surface area contributed by atoms with E-state index in [-0.39, 0.29) is 11.6 Å². The van der Waals surface area contributed by atoms with Crippen LogP contribution in [-0.2, 0) is 13.1 Å². The first-order chi connectivity index (χ1) is 10.6. The number of amides is 2. The number of carboxylic acids is 1. The van der Waals surface area contributed by atoms with Crippen molar-refractivity contribution in [2.24, 2.45) is 0 Å². The number of nitrogens with zero attached hydrogens (tertiary/aromatic N) is 2. The molecule has 0 unspecified atom stereocenters. The number of carboxylic acid groups (broad SMARTS) is 1. The van der Waals surface area contributed by atoms with Crippen LogP contribution in [0.3, 0.4) is 0 Å². The van der Waals surface area contributed by atoms with Crippen LogP contribution >= 0.6 is 0 Å². The Bertz CT molecular complexity index is 649. The normalized spacial score (nSPS) is 10.2. The zero-order valence-electron chi connectivity index (χ0n) is 12.2. The second-order valence-corrected chi connectivity index (χ2v) is 4.75. The quantitative estimate of drug-likeness (QED) is 0.763. The van der Waals surface area contributed by atoms with Crippen LogP contribution in [0, 0.1) is 0 Å². The number of urea groups is 1. The van der Waals surface area contributed by atoms with Crippen LogP contribution in [0.4, 0.5) is 10.6 Å². The predicted octanol–water partition coefficient (Wildman–Crippen LogP) is 2.31. The van der Waals surface area contributed by atoms with Crippen LogP contribution in [0.25, 0.3) is 0 Å². The van der Waals surface area contributed by atoms with Gasteiger partial charge in [-0.05, 0) is 24.1 Å². The third kappa shape index (κ3) is 4.08. The molecule has 2 amide bonds. The molecule has 1 heterocycles. The highest BCUT2D eigenvalue weighted by Gasteiger charge is 2.07. The Kier molecular flexibility index (Phi) is 5.13. The van der Waals surface area contributed by atoms with Gasteiger partial charge in [0.2, 0.25) is 0 Å². The molecule has 1 aromatic carbocycles. The third-order valence-corrected chi connectivity index (χ3v) is 3.05. The van der Waals surface area contributed by atoms with Gasteiger partial charge in [0.15, 0.2) is 0 Å². The third-order valence-electron chi connectivity index (χ3n) is 3.05. The Balaban J connectivity index is 1.87. The van der Waals surface area contributed by atoms with Crippen molar-refractivity contribution in [3.05, 3.63) is 47.7 Å². The molecule has 116 valence electrons. The molecule has 2 aromatic rings. The molecule has 7 nitrogen and oxygen atoms in total. The summed E-state index contributed by atoms with van der Waals surface area (Å²) in [5, 5.41) is 18.4. The van der Waals surface area contributed by atoms with Gasteiger partial charge in [0.05, 0.1) is 11.8 Å². The summed E-state index contributed by atoms with van der Waals surface area (Å²) in [5.74, 6) is -0.331. The summed E-state index contributed by atoms with van der Waals surface area (Å²) in [6.45, 7) is 3.08. The zero-order valence-corrected chi connectivity index (χ0v) is 12.2. The molecule has 0 saturated carbocycles. The molecule has 0 radical (unpaired) electrons. The molecule has 7 heteroatoms. The first kappa shape index (κ1) is 15.6. The first-order valence-corrected chi connectivity index (χ1v) is 6.99. The number of aromatic nitrogens is 2. The molecule has 0 fully saturated rings. The number of carbonyl (C=O) groups excluding carboxylic acids is 1. The van der Waals surface area contributed by atoms with Crippen LogP contribution in [0.1, 0.15) is 29.3 Å². The van der Waals surface area contributed by atoms with E-state index in [1.54, 1.807) is 29.1 Å². The number of aryl methyl sites for hydroxylation is 1. The smallest absolute Gasteiger partial charge is 0.335 e. The molecule has 0 bridgehead atoms. The highest BCUT2D eigenvalue weighted by Crippen LogP contribution is 2.07. The highest BCUT2D eigenvalue weighted by molar-refractivity contribution is 5.88. The SMILES string of the molecule is CCCn1nccc1NC(=O)NCc1ccc(C(=O)O)cc1. The van der Waals surface area contributed by atoms with E-state index in [9.17, 15) is 9.59 Å². The van der Waals surface area contributed by atoms with E-state index < -0.39 is 5.97 Å². The Hall–Kier alpha value is -2.83. The number of anilines is 1. The second kappa shape index (κ2) is 7.26. The second-order valence-electron chi connectivity index (χ2n) is 4.75. The van der Waals surface area contributed by atoms with Crippen LogP contribution in [-0.4, -0.2) is 26.9 Å². The Morgan fingerprint density at radius 2 is 1.95 bits per heavy atom. The lowest BCUT2D eigenvalue weighted by atomic mass is 10.1. The zero-order chi connectivity index (χ0) is 15.9. The van der Waals surface area contributed by atoms with Gasteiger partial charge in [-0.1, -0.05) is 19.1 Å². The number of aromatic carboxylic acids is 1. The number of rotatable bonds is 6. The van der Waals surface area contributed by atoms with Crippen molar-refractivity contribution in [2.45, 2.75) is 26.4 Å². The van der Waals surface area contributed by atoms with Crippen LogP contribution < -0.4 is 10.6 Å². The van der Waals surface area contributed by atoms with Crippen molar-refractivity contribution >= 4 is 17.8 Å². The van der Waals surface area contributed by atoms with Crippen LogP contribution in [0.2, 0.25) is 0 Å². The summed E-state index contributed by atoms with van der Waals surface area (Å²) in [6.07, 6.45) is 2.56. The van der Waals surface area contributed by atoms with Crippen molar-refractivity contribution in [3.63, 3.8) is 0 Å². The number of carbonyl (C=O) groups is 2. The first-order valence-electron chi connectivity index (χ1n) is 6.99. The minimum atomic E-state index is -0.971. The molecular weight excluding hydrogens is 284 g/mol. The van der Waals surface area contributed by atoms with Crippen molar-refractivity contribution in [3.8, 4) is 0 Å². The molecule has 22 heavy (non-hydrogen) atoms. The topological polar surface area (TPSA) is 96.3 Å². The molecule has 0 aliphatic rings. The van der Waals surface area contributed by atoms with E-state index in [4.69, 9.17) is 5.11 Å². The number of hydrogen-bond acceptors (Lipinski definition) is 3. The minimum absolute atomic E-state index is 0.219. The Morgan fingerprint density at radius 1 is 1.23 bits per heavy atom. The minimum Gasteiger partial charge on any atom is -0.478 e. The van der Waals surface area contributed by atoms with Crippen molar-refractivity contribution in [1.82, 2.24) is 15.1 Å². The molecule has 1 aromatic heterocycles. The van der Waals surface area contributed by atoms with Crippen molar-refractivity contribution < 1.29 is 14.7 Å². The average molecular weight is 302 g/mol. The van der Waals surface area contributed by atoms with Gasteiger partial charge in [-0.15, -0.1) is 0 Å². The number of nitrogens with one attached hydrogen (secondary N) is 2. The van der Waals surface area contributed by atoms with E-state index in [1.165, 1.54) is 12.1 Å². The maximum Gasteiger partial charge on any atom is 0.335 e. The lowest BCUT2D eigenvalue weighted by molar-refractivity contribution is 0.0697. The van der Waals surface area contributed by atoms with Crippen LogP contribution in [0.15, 0.2) is 36.5 Å². The number of hydrogen-bond donors (Lipinski definition) is 3. The summed E-state index contributed by atoms with van der Waals surface area (Å²) >= 11 is 0. The maximum absolute atomic E-state index is 11.9. The molecule has 0 spiro atoms. The van der Waals surface area contributed by atoms with E-state index in [0.29, 0.717) is 12.4 Å². The highest BCUT2D eigenvalue weighted by atomic mass is 16.4. The fraction of sp³-hybridized carbons (Fsp3) is 0.267. The maximum atomic E-state index is 11.9. The molecule has 0 saturated heterocycles. The van der Waals surface area contributed by atoms with Gasteiger partial charge in [-0.3, -0.25) is 5.32 Å². The molecular formula is C15H18N4O3. The fourth-order valence-corrected chi connectivity index (χ4v) is 1.94. The van der Waals surface area contributed by atoms with Crippen molar-refractivity contribution in [2.75, 3.05) is 5.32 Å². The lowest BCUT2D eigenvalue weighted by Gasteiger charge is -2.09. The Labute approximate surface area is 128 Å². The number of benzene rings is 1. The van der Waals surface area contributed by atoms with E-state index in [1.807, 2.05) is 6.92 Å². The van der Waals surface area contributed by atoms with E-state index in [0.717, 1.165) is 18.5 Å². The molecule has 3 N–H and O–H groups in total. The van der Waals surface area contributed by atoms with Gasteiger partial charge in [0, 0.05) is 19.2 Å². The van der Waals surface area contributed by atoms with Gasteiger partial charge < -0.3 is 10.4 Å². The van der Waals surface area contributed by atoms with E-state index >= 15 is 0 Å². The summed E-state index contributed by atoms with van der Waals surface area (Å²) in [7, 11) is 0. The Morgan fingerprint density at radius 3 is 2.59 bits per heavy atom. The summed E-state index contributed by atoms with van der Waals surface area (Å²) in [6, 6.07) is 7.76. The van der Waals surface area contributed by atoms with E-state index in [2.05, 4.69) is 15.7 Å². The molecule has 0 atom stereocenters. The van der Waals surface area contributed by atoms with Gasteiger partial charge in [0.1, 0.15) is 5.82 Å². The molecule has 0 aliphatic carbocycles. The fourth-order valence-electron chi connectivity index (χ4n) is 1.94. The monoisotopic (exact) mass is 302 g/mol.